The highest BCUT2D eigenvalue weighted by Crippen LogP contribution is 2.30. The summed E-state index contributed by atoms with van der Waals surface area (Å²) >= 11 is 1.22. The molecule has 1 saturated heterocycles. The van der Waals surface area contributed by atoms with Crippen LogP contribution in [0.15, 0.2) is 6.20 Å². The molecular formula is C11H16N2O3S. The van der Waals surface area contributed by atoms with Crippen molar-refractivity contribution in [3.05, 3.63) is 11.1 Å². The summed E-state index contributed by atoms with van der Waals surface area (Å²) in [4.78, 5) is 17.4. The molecule has 0 saturated carbocycles. The summed E-state index contributed by atoms with van der Waals surface area (Å²) in [7, 11) is 1.72. The second-order valence-corrected chi connectivity index (χ2v) is 5.50. The van der Waals surface area contributed by atoms with Crippen LogP contribution >= 0.6 is 11.3 Å². The number of thiazole rings is 1. The van der Waals surface area contributed by atoms with Gasteiger partial charge in [-0.1, -0.05) is 11.3 Å². The van der Waals surface area contributed by atoms with Gasteiger partial charge in [0.25, 0.3) is 0 Å². The number of ether oxygens (including phenoxy) is 1. The van der Waals surface area contributed by atoms with Gasteiger partial charge in [-0.2, -0.15) is 0 Å². The average Bonchev–Trinajstić information content (AvgIpc) is 2.78. The number of methoxy groups -OCH3 is 1. The summed E-state index contributed by atoms with van der Waals surface area (Å²) in [5, 5.41) is 9.64. The number of piperidine rings is 1. The van der Waals surface area contributed by atoms with Crippen molar-refractivity contribution >= 4 is 22.4 Å². The van der Waals surface area contributed by atoms with E-state index < -0.39 is 5.97 Å². The number of hydrogen-bond donors (Lipinski definition) is 1. The lowest BCUT2D eigenvalue weighted by Gasteiger charge is -2.39. The number of rotatable bonds is 3. The van der Waals surface area contributed by atoms with Gasteiger partial charge in [0.15, 0.2) is 5.13 Å². The Kier molecular flexibility index (Phi) is 3.35. The third-order valence-electron chi connectivity index (χ3n) is 3.13. The Labute approximate surface area is 104 Å². The molecular weight excluding hydrogens is 240 g/mol. The van der Waals surface area contributed by atoms with Crippen molar-refractivity contribution in [2.24, 2.45) is 0 Å². The largest absolute Gasteiger partial charge is 0.477 e. The number of hydrogen-bond acceptors (Lipinski definition) is 5. The minimum atomic E-state index is -0.916. The number of anilines is 1. The zero-order valence-electron chi connectivity index (χ0n) is 9.97. The molecule has 2 heterocycles. The predicted molar refractivity (Wildman–Crippen MR) is 65.9 cm³/mol. The Morgan fingerprint density at radius 2 is 2.47 bits per heavy atom. The molecule has 0 aliphatic carbocycles. The molecule has 2 rings (SSSR count). The van der Waals surface area contributed by atoms with Crippen LogP contribution in [-0.4, -0.2) is 41.9 Å². The normalized spacial score (nSPS) is 24.9. The summed E-state index contributed by atoms with van der Waals surface area (Å²) in [5.41, 5.74) is -0.159. The van der Waals surface area contributed by atoms with Gasteiger partial charge in [-0.3, -0.25) is 0 Å². The molecule has 1 fully saturated rings. The topological polar surface area (TPSA) is 62.7 Å². The molecule has 1 unspecified atom stereocenters. The van der Waals surface area contributed by atoms with Crippen LogP contribution in [0.2, 0.25) is 0 Å². The minimum absolute atomic E-state index is 0.159. The van der Waals surface area contributed by atoms with Gasteiger partial charge in [0, 0.05) is 20.2 Å². The van der Waals surface area contributed by atoms with E-state index in [1.807, 2.05) is 0 Å². The first kappa shape index (κ1) is 12.3. The van der Waals surface area contributed by atoms with Crippen molar-refractivity contribution in [2.75, 3.05) is 25.1 Å². The van der Waals surface area contributed by atoms with Gasteiger partial charge in [0.05, 0.1) is 11.8 Å². The molecule has 6 heteroatoms. The van der Waals surface area contributed by atoms with E-state index in [1.165, 1.54) is 17.5 Å². The third-order valence-corrected chi connectivity index (χ3v) is 4.17. The van der Waals surface area contributed by atoms with Crippen LogP contribution in [0, 0.1) is 0 Å². The van der Waals surface area contributed by atoms with Crippen LogP contribution in [0.3, 0.4) is 0 Å². The highest BCUT2D eigenvalue weighted by Gasteiger charge is 2.32. The van der Waals surface area contributed by atoms with E-state index in [-0.39, 0.29) is 10.5 Å². The standard InChI is InChI=1S/C11H16N2O3S/c1-11(16-2)4-3-5-13(7-11)10-12-6-8(17-10)9(14)15/h6H,3-5,7H2,1-2H3,(H,14,15). The molecule has 1 N–H and O–H groups in total. The molecule has 0 aromatic carbocycles. The zero-order chi connectivity index (χ0) is 12.5. The Morgan fingerprint density at radius 3 is 3.06 bits per heavy atom. The average molecular weight is 256 g/mol. The SMILES string of the molecule is COC1(C)CCCN(c2ncc(C(=O)O)s2)C1. The number of aromatic nitrogens is 1. The summed E-state index contributed by atoms with van der Waals surface area (Å²) in [6.45, 7) is 3.74. The molecule has 1 aliphatic rings. The van der Waals surface area contributed by atoms with Crippen LogP contribution in [0.5, 0.6) is 0 Å². The van der Waals surface area contributed by atoms with E-state index in [0.29, 0.717) is 0 Å². The van der Waals surface area contributed by atoms with E-state index >= 15 is 0 Å². The molecule has 0 spiro atoms. The smallest absolute Gasteiger partial charge is 0.347 e. The quantitative estimate of drug-likeness (QED) is 0.894. The maximum atomic E-state index is 10.8. The lowest BCUT2D eigenvalue weighted by molar-refractivity contribution is -0.00466. The van der Waals surface area contributed by atoms with Gasteiger partial charge in [0.2, 0.25) is 0 Å². The number of carboxylic acid groups (broad SMARTS) is 1. The Bertz CT molecular complexity index is 421. The van der Waals surface area contributed by atoms with Gasteiger partial charge in [-0.25, -0.2) is 9.78 Å². The van der Waals surface area contributed by atoms with Crippen LogP contribution < -0.4 is 4.90 Å². The number of nitrogens with zero attached hydrogens (tertiary/aromatic N) is 2. The van der Waals surface area contributed by atoms with Crippen molar-refractivity contribution < 1.29 is 14.6 Å². The number of carboxylic acids is 1. The fourth-order valence-corrected chi connectivity index (χ4v) is 2.83. The molecule has 1 aromatic rings. The van der Waals surface area contributed by atoms with Crippen LogP contribution in [0.1, 0.15) is 29.4 Å². The fraction of sp³-hybridized carbons (Fsp3) is 0.636. The van der Waals surface area contributed by atoms with Gasteiger partial charge in [-0.05, 0) is 19.8 Å². The molecule has 1 aliphatic heterocycles. The van der Waals surface area contributed by atoms with Crippen molar-refractivity contribution in [1.29, 1.82) is 0 Å². The molecule has 1 aromatic heterocycles. The molecule has 1 atom stereocenters. The van der Waals surface area contributed by atoms with E-state index in [0.717, 1.165) is 31.1 Å². The summed E-state index contributed by atoms with van der Waals surface area (Å²) < 4.78 is 5.50. The van der Waals surface area contributed by atoms with Gasteiger partial charge >= 0.3 is 5.97 Å². The lowest BCUT2D eigenvalue weighted by atomic mass is 9.95. The summed E-state index contributed by atoms with van der Waals surface area (Å²) in [6, 6.07) is 0. The van der Waals surface area contributed by atoms with Crippen LogP contribution in [0.25, 0.3) is 0 Å². The van der Waals surface area contributed by atoms with E-state index in [1.54, 1.807) is 7.11 Å². The third kappa shape index (κ3) is 2.58. The van der Waals surface area contributed by atoms with E-state index in [9.17, 15) is 4.79 Å². The van der Waals surface area contributed by atoms with Gasteiger partial charge in [-0.15, -0.1) is 0 Å². The van der Waals surface area contributed by atoms with Crippen molar-refractivity contribution in [3.63, 3.8) is 0 Å². The summed E-state index contributed by atoms with van der Waals surface area (Å²) in [5.74, 6) is -0.916. The van der Waals surface area contributed by atoms with Crippen molar-refractivity contribution in [2.45, 2.75) is 25.4 Å². The van der Waals surface area contributed by atoms with Gasteiger partial charge in [0.1, 0.15) is 4.88 Å². The highest BCUT2D eigenvalue weighted by molar-refractivity contribution is 7.17. The highest BCUT2D eigenvalue weighted by atomic mass is 32.1. The molecule has 17 heavy (non-hydrogen) atoms. The zero-order valence-corrected chi connectivity index (χ0v) is 10.8. The molecule has 0 radical (unpaired) electrons. The number of carbonyl (C=O) groups is 1. The molecule has 0 bridgehead atoms. The maximum absolute atomic E-state index is 10.8. The van der Waals surface area contributed by atoms with Crippen LogP contribution in [0.4, 0.5) is 5.13 Å². The van der Waals surface area contributed by atoms with E-state index in [2.05, 4.69) is 16.8 Å². The van der Waals surface area contributed by atoms with E-state index in [4.69, 9.17) is 9.84 Å². The fourth-order valence-electron chi connectivity index (χ4n) is 2.05. The second kappa shape index (κ2) is 4.62. The number of aromatic carboxylic acids is 1. The van der Waals surface area contributed by atoms with Crippen molar-refractivity contribution in [3.8, 4) is 0 Å². The van der Waals surface area contributed by atoms with Crippen LogP contribution in [-0.2, 0) is 4.74 Å². The Balaban J connectivity index is 2.13. The molecule has 5 nitrogen and oxygen atoms in total. The predicted octanol–water partition coefficient (Wildman–Crippen LogP) is 1.85. The molecule has 0 amide bonds. The minimum Gasteiger partial charge on any atom is -0.477 e. The monoisotopic (exact) mass is 256 g/mol. The first-order valence-electron chi connectivity index (χ1n) is 5.53. The first-order valence-corrected chi connectivity index (χ1v) is 6.35. The lowest BCUT2D eigenvalue weighted by Crippen LogP contribution is -2.47. The Hall–Kier alpha value is -1.14. The molecule has 94 valence electrons. The second-order valence-electron chi connectivity index (χ2n) is 4.49. The Morgan fingerprint density at radius 1 is 1.71 bits per heavy atom. The summed E-state index contributed by atoms with van der Waals surface area (Å²) in [6.07, 6.45) is 3.48. The first-order chi connectivity index (χ1) is 8.04. The maximum Gasteiger partial charge on any atom is 0.347 e. The van der Waals surface area contributed by atoms with Gasteiger partial charge < -0.3 is 14.7 Å². The van der Waals surface area contributed by atoms with Crippen molar-refractivity contribution in [1.82, 2.24) is 4.98 Å².